The second kappa shape index (κ2) is 10.1. The van der Waals surface area contributed by atoms with Crippen LogP contribution in [0.3, 0.4) is 0 Å². The molecule has 1 saturated heterocycles. The van der Waals surface area contributed by atoms with Crippen LogP contribution in [0.2, 0.25) is 0 Å². The van der Waals surface area contributed by atoms with Gasteiger partial charge in [-0.3, -0.25) is 14.5 Å². The van der Waals surface area contributed by atoms with Gasteiger partial charge in [0.15, 0.2) is 0 Å². The highest BCUT2D eigenvalue weighted by atomic mass is 16.5. The van der Waals surface area contributed by atoms with Crippen LogP contribution in [0.5, 0.6) is 11.5 Å². The first kappa shape index (κ1) is 20.9. The van der Waals surface area contributed by atoms with Gasteiger partial charge < -0.3 is 15.0 Å². The molecule has 0 bridgehead atoms. The van der Waals surface area contributed by atoms with E-state index in [2.05, 4.69) is 10.2 Å². The molecule has 1 aliphatic rings. The van der Waals surface area contributed by atoms with Crippen molar-refractivity contribution in [2.45, 2.75) is 32.9 Å². The van der Waals surface area contributed by atoms with Gasteiger partial charge in [0.25, 0.3) is 0 Å². The highest BCUT2D eigenvalue weighted by Crippen LogP contribution is 2.23. The summed E-state index contributed by atoms with van der Waals surface area (Å²) in [6.45, 7) is 7.12. The van der Waals surface area contributed by atoms with Crippen molar-refractivity contribution >= 4 is 11.8 Å². The molecule has 1 atom stereocenters. The van der Waals surface area contributed by atoms with E-state index in [1.165, 1.54) is 0 Å². The molecule has 0 saturated carbocycles. The van der Waals surface area contributed by atoms with Gasteiger partial charge in [-0.15, -0.1) is 0 Å². The smallest absolute Gasteiger partial charge is 0.237 e. The first-order valence-corrected chi connectivity index (χ1v) is 10.2. The van der Waals surface area contributed by atoms with Gasteiger partial charge in [-0.25, -0.2) is 0 Å². The van der Waals surface area contributed by atoms with Gasteiger partial charge in [-0.05, 0) is 43.7 Å². The first-order chi connectivity index (χ1) is 14.1. The van der Waals surface area contributed by atoms with Gasteiger partial charge >= 0.3 is 0 Å². The Morgan fingerprint density at radius 2 is 1.83 bits per heavy atom. The molecular weight excluding hydrogens is 366 g/mol. The minimum Gasteiger partial charge on any atom is -0.457 e. The molecule has 1 fully saturated rings. The predicted octanol–water partition coefficient (Wildman–Crippen LogP) is 3.04. The predicted molar refractivity (Wildman–Crippen MR) is 113 cm³/mol. The maximum atomic E-state index is 12.6. The van der Waals surface area contributed by atoms with E-state index >= 15 is 0 Å². The Morgan fingerprint density at radius 3 is 2.55 bits per heavy atom. The molecule has 3 rings (SSSR count). The lowest BCUT2D eigenvalue weighted by Gasteiger charge is -2.35. The Morgan fingerprint density at radius 1 is 1.10 bits per heavy atom. The summed E-state index contributed by atoms with van der Waals surface area (Å²) in [5.41, 5.74) is 1.05. The van der Waals surface area contributed by atoms with Crippen molar-refractivity contribution in [2.75, 3.05) is 26.2 Å². The van der Waals surface area contributed by atoms with Gasteiger partial charge in [-0.1, -0.05) is 30.3 Å². The van der Waals surface area contributed by atoms with Crippen LogP contribution >= 0.6 is 0 Å². The Kier molecular flexibility index (Phi) is 7.25. The van der Waals surface area contributed by atoms with E-state index in [1.54, 1.807) is 4.90 Å². The quantitative estimate of drug-likeness (QED) is 0.746. The van der Waals surface area contributed by atoms with Gasteiger partial charge in [0.05, 0.1) is 12.5 Å². The summed E-state index contributed by atoms with van der Waals surface area (Å²) >= 11 is 0. The number of rotatable bonds is 8. The molecule has 2 amide bonds. The summed E-state index contributed by atoms with van der Waals surface area (Å²) in [4.78, 5) is 28.9. The Labute approximate surface area is 172 Å². The second-order valence-electron chi connectivity index (χ2n) is 7.11. The summed E-state index contributed by atoms with van der Waals surface area (Å²) < 4.78 is 5.92. The number of amides is 2. The maximum absolute atomic E-state index is 12.6. The molecule has 0 unspecified atom stereocenters. The number of hydrogen-bond acceptors (Lipinski definition) is 4. The van der Waals surface area contributed by atoms with Crippen LogP contribution in [0.1, 0.15) is 25.8 Å². The fraction of sp³-hybridized carbons (Fsp3) is 0.391. The topological polar surface area (TPSA) is 61.9 Å². The zero-order valence-electron chi connectivity index (χ0n) is 17.1. The Hall–Kier alpha value is -2.86. The van der Waals surface area contributed by atoms with Crippen LogP contribution < -0.4 is 10.1 Å². The number of para-hydroxylation sites is 1. The SMILES string of the molecule is CCN(CC)C(=O)C[C@@H]1C(=O)NCCN1Cc1cccc(Oc2ccccc2)c1. The van der Waals surface area contributed by atoms with E-state index < -0.39 is 6.04 Å². The number of ether oxygens (including phenoxy) is 1. The molecule has 29 heavy (non-hydrogen) atoms. The standard InChI is InChI=1S/C23H29N3O3/c1-3-25(4-2)22(27)16-21-23(28)24-13-14-26(21)17-18-9-8-12-20(15-18)29-19-10-6-5-7-11-19/h5-12,15,21H,3-4,13-14,16-17H2,1-2H3,(H,24,28)/t21-/m1/s1. The van der Waals surface area contributed by atoms with E-state index in [1.807, 2.05) is 68.4 Å². The van der Waals surface area contributed by atoms with Crippen LogP contribution in [-0.2, 0) is 16.1 Å². The molecule has 2 aromatic carbocycles. The van der Waals surface area contributed by atoms with Crippen molar-refractivity contribution in [2.24, 2.45) is 0 Å². The fourth-order valence-corrected chi connectivity index (χ4v) is 3.61. The van der Waals surface area contributed by atoms with E-state index in [-0.39, 0.29) is 18.2 Å². The second-order valence-corrected chi connectivity index (χ2v) is 7.11. The van der Waals surface area contributed by atoms with E-state index in [0.717, 1.165) is 17.1 Å². The van der Waals surface area contributed by atoms with Crippen LogP contribution in [0.4, 0.5) is 0 Å². The van der Waals surface area contributed by atoms with Crippen molar-refractivity contribution in [3.05, 3.63) is 60.2 Å². The van der Waals surface area contributed by atoms with Gasteiger partial charge in [0.1, 0.15) is 11.5 Å². The summed E-state index contributed by atoms with van der Waals surface area (Å²) in [6.07, 6.45) is 0.202. The van der Waals surface area contributed by atoms with Crippen molar-refractivity contribution in [3.8, 4) is 11.5 Å². The number of benzene rings is 2. The van der Waals surface area contributed by atoms with Gasteiger partial charge in [-0.2, -0.15) is 0 Å². The number of piperazine rings is 1. The molecular formula is C23H29N3O3. The number of carbonyl (C=O) groups is 2. The van der Waals surface area contributed by atoms with Crippen LogP contribution in [0.15, 0.2) is 54.6 Å². The van der Waals surface area contributed by atoms with Crippen LogP contribution in [0.25, 0.3) is 0 Å². The average molecular weight is 396 g/mol. The van der Waals surface area contributed by atoms with E-state index in [0.29, 0.717) is 32.7 Å². The summed E-state index contributed by atoms with van der Waals surface area (Å²) in [5.74, 6) is 1.48. The van der Waals surface area contributed by atoms with Crippen molar-refractivity contribution in [3.63, 3.8) is 0 Å². The molecule has 6 nitrogen and oxygen atoms in total. The van der Waals surface area contributed by atoms with Gasteiger partial charge in [0.2, 0.25) is 11.8 Å². The largest absolute Gasteiger partial charge is 0.457 e. The Bertz CT molecular complexity index is 821. The van der Waals surface area contributed by atoms with Crippen LogP contribution in [-0.4, -0.2) is 53.8 Å². The number of nitrogens with zero attached hydrogens (tertiary/aromatic N) is 2. The normalized spacial score (nSPS) is 16.9. The molecule has 0 radical (unpaired) electrons. The van der Waals surface area contributed by atoms with Gasteiger partial charge in [0, 0.05) is 32.7 Å². The lowest BCUT2D eigenvalue weighted by Crippen LogP contribution is -2.56. The molecule has 0 spiro atoms. The van der Waals surface area contributed by atoms with Crippen molar-refractivity contribution in [1.82, 2.24) is 15.1 Å². The third kappa shape index (κ3) is 5.57. The molecule has 6 heteroatoms. The fourth-order valence-electron chi connectivity index (χ4n) is 3.61. The average Bonchev–Trinajstić information content (AvgIpc) is 2.72. The van der Waals surface area contributed by atoms with Crippen molar-refractivity contribution in [1.29, 1.82) is 0 Å². The lowest BCUT2D eigenvalue weighted by molar-refractivity contribution is -0.138. The van der Waals surface area contributed by atoms with Crippen LogP contribution in [0, 0.1) is 0 Å². The van der Waals surface area contributed by atoms with E-state index in [4.69, 9.17) is 4.74 Å². The highest BCUT2D eigenvalue weighted by molar-refractivity contribution is 5.88. The lowest BCUT2D eigenvalue weighted by atomic mass is 10.1. The molecule has 154 valence electrons. The zero-order chi connectivity index (χ0) is 20.6. The molecule has 2 aromatic rings. The summed E-state index contributed by atoms with van der Waals surface area (Å²) in [6, 6.07) is 17.1. The molecule has 0 aromatic heterocycles. The molecule has 1 N–H and O–H groups in total. The monoisotopic (exact) mass is 395 g/mol. The summed E-state index contributed by atoms with van der Waals surface area (Å²) in [5, 5.41) is 2.90. The molecule has 1 aliphatic heterocycles. The maximum Gasteiger partial charge on any atom is 0.237 e. The third-order valence-corrected chi connectivity index (χ3v) is 5.19. The highest BCUT2D eigenvalue weighted by Gasteiger charge is 2.32. The minimum absolute atomic E-state index is 0.0169. The summed E-state index contributed by atoms with van der Waals surface area (Å²) in [7, 11) is 0. The molecule has 0 aliphatic carbocycles. The van der Waals surface area contributed by atoms with Crippen molar-refractivity contribution < 1.29 is 14.3 Å². The number of carbonyl (C=O) groups excluding carboxylic acids is 2. The first-order valence-electron chi connectivity index (χ1n) is 10.2. The number of nitrogens with one attached hydrogen (secondary N) is 1. The Balaban J connectivity index is 1.70. The number of hydrogen-bond donors (Lipinski definition) is 1. The molecule has 1 heterocycles. The minimum atomic E-state index is -0.449. The van der Waals surface area contributed by atoms with E-state index in [9.17, 15) is 9.59 Å². The third-order valence-electron chi connectivity index (χ3n) is 5.19. The zero-order valence-corrected chi connectivity index (χ0v) is 17.1.